The molecule has 0 spiro atoms. The van der Waals surface area contributed by atoms with Gasteiger partial charge in [-0.05, 0) is 31.6 Å². The molecule has 1 heterocycles. The minimum absolute atomic E-state index is 0.0620. The summed E-state index contributed by atoms with van der Waals surface area (Å²) < 4.78 is 0. The summed E-state index contributed by atoms with van der Waals surface area (Å²) >= 11 is 0. The van der Waals surface area contributed by atoms with Gasteiger partial charge in [0.15, 0.2) is 0 Å². The molecule has 2 fully saturated rings. The standard InChI is InChI=1S/C16H26N2O4/c1-9(17-15(22)16(2,3)4)13(19)18-7-11(10-5-6-10)12(8-18)14(20)21/h9-12H,5-8H2,1-4H3,(H,17,22)(H,20,21)/t9?,11-,12+/m1/s1. The van der Waals surface area contributed by atoms with Crippen molar-refractivity contribution >= 4 is 17.8 Å². The molecule has 1 unspecified atom stereocenters. The molecular weight excluding hydrogens is 284 g/mol. The molecule has 124 valence electrons. The molecule has 2 amide bonds. The molecule has 6 nitrogen and oxygen atoms in total. The fourth-order valence-electron chi connectivity index (χ4n) is 3.02. The van der Waals surface area contributed by atoms with Crippen LogP contribution in [-0.2, 0) is 14.4 Å². The first-order valence-electron chi connectivity index (χ1n) is 7.94. The van der Waals surface area contributed by atoms with Gasteiger partial charge in [0.1, 0.15) is 6.04 Å². The van der Waals surface area contributed by atoms with E-state index in [0.29, 0.717) is 12.5 Å². The molecule has 0 bridgehead atoms. The topological polar surface area (TPSA) is 86.7 Å². The first kappa shape index (κ1) is 16.8. The van der Waals surface area contributed by atoms with Gasteiger partial charge in [-0.3, -0.25) is 14.4 Å². The van der Waals surface area contributed by atoms with Gasteiger partial charge < -0.3 is 15.3 Å². The summed E-state index contributed by atoms with van der Waals surface area (Å²) in [6.45, 7) is 7.78. The minimum Gasteiger partial charge on any atom is -0.481 e. The smallest absolute Gasteiger partial charge is 0.308 e. The Morgan fingerprint density at radius 3 is 2.23 bits per heavy atom. The summed E-state index contributed by atoms with van der Waals surface area (Å²) in [4.78, 5) is 37.4. The summed E-state index contributed by atoms with van der Waals surface area (Å²) in [5.41, 5.74) is -0.556. The minimum atomic E-state index is -0.821. The number of rotatable bonds is 4. The Balaban J connectivity index is 1.98. The van der Waals surface area contributed by atoms with Gasteiger partial charge in [0.25, 0.3) is 0 Å². The highest BCUT2D eigenvalue weighted by atomic mass is 16.4. The van der Waals surface area contributed by atoms with Crippen molar-refractivity contribution in [2.24, 2.45) is 23.2 Å². The predicted octanol–water partition coefficient (Wildman–Crippen LogP) is 1.11. The molecule has 6 heteroatoms. The van der Waals surface area contributed by atoms with E-state index in [1.807, 2.05) is 0 Å². The van der Waals surface area contributed by atoms with E-state index in [1.54, 1.807) is 32.6 Å². The van der Waals surface area contributed by atoms with Gasteiger partial charge >= 0.3 is 5.97 Å². The van der Waals surface area contributed by atoms with Crippen LogP contribution in [0.2, 0.25) is 0 Å². The molecular formula is C16H26N2O4. The maximum atomic E-state index is 12.5. The molecule has 1 aliphatic heterocycles. The van der Waals surface area contributed by atoms with Gasteiger partial charge in [-0.1, -0.05) is 20.8 Å². The Morgan fingerprint density at radius 2 is 1.77 bits per heavy atom. The molecule has 3 atom stereocenters. The molecule has 2 rings (SSSR count). The maximum absolute atomic E-state index is 12.5. The number of amides is 2. The molecule has 22 heavy (non-hydrogen) atoms. The Labute approximate surface area is 131 Å². The normalized spacial score (nSPS) is 26.6. The van der Waals surface area contributed by atoms with Crippen molar-refractivity contribution in [2.45, 2.75) is 46.6 Å². The third-order valence-corrected chi connectivity index (χ3v) is 4.62. The van der Waals surface area contributed by atoms with Crippen LogP contribution < -0.4 is 5.32 Å². The van der Waals surface area contributed by atoms with Crippen LogP contribution in [0.1, 0.15) is 40.5 Å². The zero-order valence-corrected chi connectivity index (χ0v) is 13.8. The van der Waals surface area contributed by atoms with Crippen LogP contribution in [0.4, 0.5) is 0 Å². The monoisotopic (exact) mass is 310 g/mol. The number of likely N-dealkylation sites (tertiary alicyclic amines) is 1. The first-order chi connectivity index (χ1) is 10.1. The summed E-state index contributed by atoms with van der Waals surface area (Å²) in [5, 5.41) is 12.1. The molecule has 0 aromatic carbocycles. The van der Waals surface area contributed by atoms with E-state index >= 15 is 0 Å². The van der Waals surface area contributed by atoms with Gasteiger partial charge in [-0.25, -0.2) is 0 Å². The molecule has 0 radical (unpaired) electrons. The molecule has 1 saturated heterocycles. The second-order valence-corrected chi connectivity index (χ2v) is 7.63. The van der Waals surface area contributed by atoms with Crippen molar-refractivity contribution in [1.29, 1.82) is 0 Å². The highest BCUT2D eigenvalue weighted by Crippen LogP contribution is 2.44. The average molecular weight is 310 g/mol. The molecule has 2 aliphatic rings. The number of hydrogen-bond acceptors (Lipinski definition) is 3. The van der Waals surface area contributed by atoms with E-state index in [9.17, 15) is 19.5 Å². The third kappa shape index (κ3) is 3.59. The van der Waals surface area contributed by atoms with E-state index < -0.39 is 23.3 Å². The van der Waals surface area contributed by atoms with Crippen LogP contribution >= 0.6 is 0 Å². The number of carboxylic acids is 1. The van der Waals surface area contributed by atoms with Crippen LogP contribution in [0.3, 0.4) is 0 Å². The highest BCUT2D eigenvalue weighted by molar-refractivity contribution is 5.89. The fourth-order valence-corrected chi connectivity index (χ4v) is 3.02. The van der Waals surface area contributed by atoms with Crippen molar-refractivity contribution in [3.63, 3.8) is 0 Å². The van der Waals surface area contributed by atoms with E-state index in [0.717, 1.165) is 12.8 Å². The number of carbonyl (C=O) groups excluding carboxylic acids is 2. The predicted molar refractivity (Wildman–Crippen MR) is 81.0 cm³/mol. The quantitative estimate of drug-likeness (QED) is 0.814. The summed E-state index contributed by atoms with van der Waals surface area (Å²) in [5.74, 6) is -1.15. The highest BCUT2D eigenvalue weighted by Gasteiger charge is 2.47. The second-order valence-electron chi connectivity index (χ2n) is 7.63. The van der Waals surface area contributed by atoms with Crippen molar-refractivity contribution in [3.8, 4) is 0 Å². The average Bonchev–Trinajstić information content (AvgIpc) is 3.15. The van der Waals surface area contributed by atoms with Crippen molar-refractivity contribution < 1.29 is 19.5 Å². The zero-order valence-electron chi connectivity index (χ0n) is 13.8. The Morgan fingerprint density at radius 1 is 1.18 bits per heavy atom. The van der Waals surface area contributed by atoms with Gasteiger partial charge in [0.2, 0.25) is 11.8 Å². The van der Waals surface area contributed by atoms with E-state index in [-0.39, 0.29) is 24.3 Å². The van der Waals surface area contributed by atoms with Crippen molar-refractivity contribution in [3.05, 3.63) is 0 Å². The Kier molecular flexibility index (Phi) is 4.49. The number of carbonyl (C=O) groups is 3. The first-order valence-corrected chi connectivity index (χ1v) is 7.94. The van der Waals surface area contributed by atoms with Crippen LogP contribution in [0, 0.1) is 23.2 Å². The lowest BCUT2D eigenvalue weighted by atomic mass is 9.92. The number of aliphatic carboxylic acids is 1. The van der Waals surface area contributed by atoms with Gasteiger partial charge in [0, 0.05) is 18.5 Å². The number of nitrogens with one attached hydrogen (secondary N) is 1. The molecule has 0 aromatic rings. The molecule has 1 saturated carbocycles. The lowest BCUT2D eigenvalue weighted by Crippen LogP contribution is -2.49. The van der Waals surface area contributed by atoms with E-state index in [1.165, 1.54) is 0 Å². The van der Waals surface area contributed by atoms with Gasteiger partial charge in [-0.2, -0.15) is 0 Å². The Bertz CT molecular complexity index is 479. The lowest BCUT2D eigenvalue weighted by molar-refractivity contribution is -0.143. The second kappa shape index (κ2) is 5.89. The fraction of sp³-hybridized carbons (Fsp3) is 0.812. The van der Waals surface area contributed by atoms with E-state index in [4.69, 9.17) is 0 Å². The van der Waals surface area contributed by atoms with Crippen LogP contribution in [0.25, 0.3) is 0 Å². The maximum Gasteiger partial charge on any atom is 0.308 e. The van der Waals surface area contributed by atoms with Crippen LogP contribution in [0.15, 0.2) is 0 Å². The van der Waals surface area contributed by atoms with E-state index in [2.05, 4.69) is 5.32 Å². The molecule has 1 aliphatic carbocycles. The van der Waals surface area contributed by atoms with Crippen LogP contribution in [0.5, 0.6) is 0 Å². The van der Waals surface area contributed by atoms with Crippen molar-refractivity contribution in [1.82, 2.24) is 10.2 Å². The van der Waals surface area contributed by atoms with Crippen molar-refractivity contribution in [2.75, 3.05) is 13.1 Å². The largest absolute Gasteiger partial charge is 0.481 e. The summed E-state index contributed by atoms with van der Waals surface area (Å²) in [7, 11) is 0. The zero-order chi connectivity index (χ0) is 16.7. The molecule has 2 N–H and O–H groups in total. The molecule has 0 aromatic heterocycles. The summed E-state index contributed by atoms with van der Waals surface area (Å²) in [6, 6.07) is -0.626. The SMILES string of the molecule is CC(NC(=O)C(C)(C)C)C(=O)N1C[C@H](C(=O)O)[C@@H](C2CC2)C1. The van der Waals surface area contributed by atoms with Crippen LogP contribution in [-0.4, -0.2) is 46.9 Å². The summed E-state index contributed by atoms with van der Waals surface area (Å²) in [6.07, 6.45) is 2.12. The van der Waals surface area contributed by atoms with Gasteiger partial charge in [-0.15, -0.1) is 0 Å². The lowest BCUT2D eigenvalue weighted by Gasteiger charge is -2.25. The number of carboxylic acid groups (broad SMARTS) is 1. The number of hydrogen-bond donors (Lipinski definition) is 2. The van der Waals surface area contributed by atoms with Gasteiger partial charge in [0.05, 0.1) is 5.92 Å². The third-order valence-electron chi connectivity index (χ3n) is 4.62. The number of nitrogens with zero attached hydrogens (tertiary/aromatic N) is 1. The Hall–Kier alpha value is -1.59.